The molecule has 3 nitrogen and oxygen atoms in total. The van der Waals surface area contributed by atoms with Crippen LogP contribution in [0.4, 0.5) is 0 Å². The number of likely N-dealkylation sites (N-methyl/N-ethyl adjacent to an activating group) is 1. The maximum absolute atomic E-state index is 10.2. The van der Waals surface area contributed by atoms with Gasteiger partial charge in [0.1, 0.15) is 18.5 Å². The lowest BCUT2D eigenvalue weighted by molar-refractivity contribution is -0.00522. The van der Waals surface area contributed by atoms with Crippen molar-refractivity contribution in [3.8, 4) is 5.75 Å². The zero-order valence-electron chi connectivity index (χ0n) is 16.5. The molecule has 1 atom stereocenters. The van der Waals surface area contributed by atoms with Crippen molar-refractivity contribution in [2.24, 2.45) is 17.8 Å². The number of ether oxygens (including phenoxy) is 1. The Kier molecular flexibility index (Phi) is 5.29. The third-order valence-corrected chi connectivity index (χ3v) is 7.31. The first-order valence-electron chi connectivity index (χ1n) is 10.7. The summed E-state index contributed by atoms with van der Waals surface area (Å²) in [6.45, 7) is 7.23. The molecule has 0 heterocycles. The summed E-state index contributed by atoms with van der Waals surface area (Å²) < 4.78 is 5.85. The van der Waals surface area contributed by atoms with Crippen molar-refractivity contribution in [1.29, 1.82) is 0 Å². The summed E-state index contributed by atoms with van der Waals surface area (Å²) in [5, 5.41) is 10.2. The first-order valence-corrected chi connectivity index (χ1v) is 10.7. The van der Waals surface area contributed by atoms with Gasteiger partial charge in [0.15, 0.2) is 0 Å². The Balaban J connectivity index is 1.35. The predicted octanol–water partition coefficient (Wildman–Crippen LogP) is 4.24. The van der Waals surface area contributed by atoms with Crippen LogP contribution in [0.1, 0.15) is 57.9 Å². The number of hydrogen-bond donors (Lipinski definition) is 1. The van der Waals surface area contributed by atoms with Gasteiger partial charge in [-0.3, -0.25) is 0 Å². The van der Waals surface area contributed by atoms with Crippen molar-refractivity contribution in [3.05, 3.63) is 29.8 Å². The van der Waals surface area contributed by atoms with Gasteiger partial charge < -0.3 is 14.7 Å². The molecule has 0 aliphatic heterocycles. The second-order valence-corrected chi connectivity index (χ2v) is 9.17. The van der Waals surface area contributed by atoms with Crippen LogP contribution in [0.5, 0.6) is 5.75 Å². The zero-order chi connectivity index (χ0) is 18.1. The Morgan fingerprint density at radius 1 is 1.00 bits per heavy atom. The minimum Gasteiger partial charge on any atom is -0.491 e. The van der Waals surface area contributed by atoms with Crippen molar-refractivity contribution < 1.29 is 9.84 Å². The topological polar surface area (TPSA) is 32.7 Å². The van der Waals surface area contributed by atoms with Crippen LogP contribution >= 0.6 is 0 Å². The third-order valence-electron chi connectivity index (χ3n) is 7.31. The molecule has 4 bridgehead atoms. The van der Waals surface area contributed by atoms with Gasteiger partial charge in [0.05, 0.1) is 0 Å². The van der Waals surface area contributed by atoms with E-state index >= 15 is 0 Å². The van der Waals surface area contributed by atoms with Gasteiger partial charge in [0.2, 0.25) is 0 Å². The van der Waals surface area contributed by atoms with E-state index in [1.54, 1.807) is 0 Å². The van der Waals surface area contributed by atoms with Gasteiger partial charge in [-0.05, 0) is 92.5 Å². The molecule has 1 N–H and O–H groups in total. The Labute approximate surface area is 158 Å². The number of aliphatic hydroxyl groups excluding tert-OH is 1. The van der Waals surface area contributed by atoms with Crippen LogP contribution in [0.2, 0.25) is 0 Å². The molecule has 4 aliphatic rings. The Morgan fingerprint density at radius 2 is 1.54 bits per heavy atom. The molecule has 0 amide bonds. The molecule has 4 fully saturated rings. The maximum atomic E-state index is 10.2. The SMILES string of the molecule is CCN(CC)C[C@H](O)COc1ccc(C23CC4CC(CC(C4)C2)C3)cc1. The molecule has 0 unspecified atom stereocenters. The molecular weight excluding hydrogens is 322 g/mol. The molecule has 1 aromatic rings. The van der Waals surface area contributed by atoms with Crippen molar-refractivity contribution in [2.75, 3.05) is 26.2 Å². The van der Waals surface area contributed by atoms with Crippen LogP contribution in [0.15, 0.2) is 24.3 Å². The van der Waals surface area contributed by atoms with Crippen LogP contribution in [0.3, 0.4) is 0 Å². The van der Waals surface area contributed by atoms with Gasteiger partial charge in [0.25, 0.3) is 0 Å². The molecule has 0 aromatic heterocycles. The lowest BCUT2D eigenvalue weighted by atomic mass is 9.48. The molecule has 1 aromatic carbocycles. The highest BCUT2D eigenvalue weighted by atomic mass is 16.5. The highest BCUT2D eigenvalue weighted by molar-refractivity contribution is 5.34. The summed E-state index contributed by atoms with van der Waals surface area (Å²) in [5.41, 5.74) is 1.99. The number of benzene rings is 1. The number of nitrogens with zero attached hydrogens (tertiary/aromatic N) is 1. The molecule has 4 aliphatic carbocycles. The molecular formula is C23H35NO2. The van der Waals surface area contributed by atoms with Crippen LogP contribution < -0.4 is 4.74 Å². The van der Waals surface area contributed by atoms with Gasteiger partial charge in [0, 0.05) is 6.54 Å². The Morgan fingerprint density at radius 3 is 2.04 bits per heavy atom. The lowest BCUT2D eigenvalue weighted by Gasteiger charge is -2.57. The fraction of sp³-hybridized carbons (Fsp3) is 0.739. The summed E-state index contributed by atoms with van der Waals surface area (Å²) in [6.07, 6.45) is 8.25. The van der Waals surface area contributed by atoms with Crippen LogP contribution in [-0.4, -0.2) is 42.4 Å². The second kappa shape index (κ2) is 7.52. The summed E-state index contributed by atoms with van der Waals surface area (Å²) in [4.78, 5) is 2.23. The smallest absolute Gasteiger partial charge is 0.119 e. The van der Waals surface area contributed by atoms with E-state index in [4.69, 9.17) is 4.74 Å². The van der Waals surface area contributed by atoms with Gasteiger partial charge in [-0.25, -0.2) is 0 Å². The normalized spacial score (nSPS) is 33.6. The molecule has 5 rings (SSSR count). The highest BCUT2D eigenvalue weighted by Crippen LogP contribution is 2.60. The largest absolute Gasteiger partial charge is 0.491 e. The number of aliphatic hydroxyl groups is 1. The van der Waals surface area contributed by atoms with Crippen LogP contribution in [0.25, 0.3) is 0 Å². The maximum Gasteiger partial charge on any atom is 0.119 e. The van der Waals surface area contributed by atoms with E-state index in [1.165, 1.54) is 44.1 Å². The van der Waals surface area contributed by atoms with E-state index in [0.29, 0.717) is 18.6 Å². The standard InChI is InChI=1S/C23H35NO2/c1-3-24(4-2)15-21(25)16-26-22-7-5-20(6-8-22)23-12-17-9-18(13-23)11-19(10-17)14-23/h5-8,17-19,21,25H,3-4,9-16H2,1-2H3/t17?,18?,19?,21-,23?/m0/s1. The average Bonchev–Trinajstić information content (AvgIpc) is 2.64. The molecule has 0 radical (unpaired) electrons. The Hall–Kier alpha value is -1.06. The van der Waals surface area contributed by atoms with Crippen molar-refractivity contribution in [1.82, 2.24) is 4.90 Å². The molecule has 0 spiro atoms. The van der Waals surface area contributed by atoms with Crippen LogP contribution in [0, 0.1) is 17.8 Å². The first kappa shape index (κ1) is 18.3. The van der Waals surface area contributed by atoms with Crippen molar-refractivity contribution in [3.63, 3.8) is 0 Å². The molecule has 144 valence electrons. The second-order valence-electron chi connectivity index (χ2n) is 9.17. The molecule has 3 heteroatoms. The molecule has 4 saturated carbocycles. The van der Waals surface area contributed by atoms with E-state index in [1.807, 2.05) is 0 Å². The van der Waals surface area contributed by atoms with Crippen LogP contribution in [-0.2, 0) is 5.41 Å². The van der Waals surface area contributed by atoms with E-state index in [-0.39, 0.29) is 0 Å². The summed E-state index contributed by atoms with van der Waals surface area (Å²) >= 11 is 0. The third kappa shape index (κ3) is 3.66. The average molecular weight is 358 g/mol. The van der Waals surface area contributed by atoms with Gasteiger partial charge in [-0.2, -0.15) is 0 Å². The Bertz CT molecular complexity index is 557. The van der Waals surface area contributed by atoms with E-state index in [0.717, 1.165) is 36.6 Å². The summed E-state index contributed by atoms with van der Waals surface area (Å²) in [6, 6.07) is 8.86. The molecule has 0 saturated heterocycles. The van der Waals surface area contributed by atoms with E-state index in [2.05, 4.69) is 43.0 Å². The summed E-state index contributed by atoms with van der Waals surface area (Å²) in [7, 11) is 0. The number of rotatable bonds is 8. The van der Waals surface area contributed by atoms with E-state index < -0.39 is 6.10 Å². The number of hydrogen-bond acceptors (Lipinski definition) is 3. The fourth-order valence-electron chi connectivity index (χ4n) is 6.39. The minimum atomic E-state index is -0.433. The zero-order valence-corrected chi connectivity index (χ0v) is 16.5. The van der Waals surface area contributed by atoms with Gasteiger partial charge in [-0.1, -0.05) is 26.0 Å². The van der Waals surface area contributed by atoms with Gasteiger partial charge >= 0.3 is 0 Å². The fourth-order valence-corrected chi connectivity index (χ4v) is 6.39. The van der Waals surface area contributed by atoms with Gasteiger partial charge in [-0.15, -0.1) is 0 Å². The van der Waals surface area contributed by atoms with Crippen molar-refractivity contribution >= 4 is 0 Å². The minimum absolute atomic E-state index is 0.368. The van der Waals surface area contributed by atoms with Crippen molar-refractivity contribution in [2.45, 2.75) is 63.9 Å². The quantitative estimate of drug-likeness (QED) is 0.755. The first-order chi connectivity index (χ1) is 12.6. The highest BCUT2D eigenvalue weighted by Gasteiger charge is 2.51. The molecule has 26 heavy (non-hydrogen) atoms. The predicted molar refractivity (Wildman–Crippen MR) is 106 cm³/mol. The van der Waals surface area contributed by atoms with E-state index in [9.17, 15) is 5.11 Å². The summed E-state index contributed by atoms with van der Waals surface area (Å²) in [5.74, 6) is 3.82. The lowest BCUT2D eigenvalue weighted by Crippen LogP contribution is -2.48. The monoisotopic (exact) mass is 357 g/mol.